The summed E-state index contributed by atoms with van der Waals surface area (Å²) in [6.07, 6.45) is 3.98. The molecule has 1 saturated carbocycles. The second-order valence-corrected chi connectivity index (χ2v) is 9.41. The number of aliphatic hydroxyl groups excluding tert-OH is 1. The summed E-state index contributed by atoms with van der Waals surface area (Å²) in [5.74, 6) is 0.760. The second-order valence-electron chi connectivity index (χ2n) is 9.41. The first kappa shape index (κ1) is 23.6. The molecule has 2 N–H and O–H groups in total. The van der Waals surface area contributed by atoms with E-state index in [1.807, 2.05) is 42.6 Å². The van der Waals surface area contributed by atoms with Crippen LogP contribution in [-0.4, -0.2) is 47.2 Å². The average Bonchev–Trinajstić information content (AvgIpc) is 3.53. The molecule has 2 atom stereocenters. The number of rotatable bonds is 7. The Hall–Kier alpha value is -4.16. The molecular formula is C27H28N8O. The summed E-state index contributed by atoms with van der Waals surface area (Å²) in [6.45, 7) is 4.73. The molecule has 0 radical (unpaired) electrons. The SMILES string of the molecule is CC(C)c1cccc(Cn2cc(-c3cc(-c4cccc(C#N)c4)nc(N[C@@H]4CCC[C@H]4O)n3)nn2)n1. The van der Waals surface area contributed by atoms with Gasteiger partial charge in [0, 0.05) is 11.3 Å². The molecular weight excluding hydrogens is 452 g/mol. The highest BCUT2D eigenvalue weighted by Crippen LogP contribution is 2.27. The molecule has 1 fully saturated rings. The Morgan fingerprint density at radius 2 is 1.89 bits per heavy atom. The van der Waals surface area contributed by atoms with Gasteiger partial charge in [-0.25, -0.2) is 14.6 Å². The van der Waals surface area contributed by atoms with Crippen LogP contribution in [0.1, 0.15) is 56.0 Å². The molecule has 0 unspecified atom stereocenters. The molecule has 4 aromatic rings. The number of hydrogen-bond donors (Lipinski definition) is 2. The average molecular weight is 481 g/mol. The molecule has 36 heavy (non-hydrogen) atoms. The van der Waals surface area contributed by atoms with Gasteiger partial charge in [0.1, 0.15) is 5.69 Å². The molecule has 1 aliphatic carbocycles. The first-order valence-corrected chi connectivity index (χ1v) is 12.2. The molecule has 0 amide bonds. The van der Waals surface area contributed by atoms with Gasteiger partial charge in [-0.1, -0.05) is 37.3 Å². The Bertz CT molecular complexity index is 1410. The van der Waals surface area contributed by atoms with E-state index in [2.05, 4.69) is 35.5 Å². The fourth-order valence-corrected chi connectivity index (χ4v) is 4.38. The van der Waals surface area contributed by atoms with Crippen molar-refractivity contribution in [3.05, 3.63) is 71.7 Å². The summed E-state index contributed by atoms with van der Waals surface area (Å²) in [6, 6.07) is 17.2. The molecule has 5 rings (SSSR count). The van der Waals surface area contributed by atoms with Crippen molar-refractivity contribution in [2.45, 2.75) is 57.7 Å². The van der Waals surface area contributed by atoms with E-state index in [0.717, 1.165) is 36.2 Å². The van der Waals surface area contributed by atoms with Gasteiger partial charge in [0.2, 0.25) is 5.95 Å². The number of pyridine rings is 1. The van der Waals surface area contributed by atoms with Crippen molar-refractivity contribution in [1.29, 1.82) is 5.26 Å². The quantitative estimate of drug-likeness (QED) is 0.404. The number of nitrogens with zero attached hydrogens (tertiary/aromatic N) is 7. The molecule has 0 saturated heterocycles. The van der Waals surface area contributed by atoms with Gasteiger partial charge in [0.25, 0.3) is 0 Å². The Morgan fingerprint density at radius 3 is 2.67 bits per heavy atom. The van der Waals surface area contributed by atoms with Gasteiger partial charge < -0.3 is 10.4 Å². The number of hydrogen-bond acceptors (Lipinski definition) is 8. The molecule has 182 valence electrons. The summed E-state index contributed by atoms with van der Waals surface area (Å²) >= 11 is 0. The molecule has 9 nitrogen and oxygen atoms in total. The minimum Gasteiger partial charge on any atom is -0.391 e. The van der Waals surface area contributed by atoms with Crippen LogP contribution in [0.15, 0.2) is 54.7 Å². The van der Waals surface area contributed by atoms with E-state index >= 15 is 0 Å². The van der Waals surface area contributed by atoms with Gasteiger partial charge in [0.15, 0.2) is 0 Å². The van der Waals surface area contributed by atoms with Gasteiger partial charge in [-0.05, 0) is 55.5 Å². The Kier molecular flexibility index (Phi) is 6.69. The third-order valence-corrected chi connectivity index (χ3v) is 6.35. The van der Waals surface area contributed by atoms with Crippen LogP contribution in [0.4, 0.5) is 5.95 Å². The number of benzene rings is 1. The topological polar surface area (TPSA) is 125 Å². The molecule has 9 heteroatoms. The van der Waals surface area contributed by atoms with E-state index in [0.29, 0.717) is 41.1 Å². The van der Waals surface area contributed by atoms with Gasteiger partial charge in [0.05, 0.1) is 53.6 Å². The Morgan fingerprint density at radius 1 is 1.06 bits per heavy atom. The van der Waals surface area contributed by atoms with E-state index in [4.69, 9.17) is 15.0 Å². The van der Waals surface area contributed by atoms with Gasteiger partial charge in [-0.2, -0.15) is 5.26 Å². The van der Waals surface area contributed by atoms with Crippen molar-refractivity contribution in [1.82, 2.24) is 29.9 Å². The van der Waals surface area contributed by atoms with E-state index in [-0.39, 0.29) is 6.04 Å². The normalized spacial score (nSPS) is 17.3. The fourth-order valence-electron chi connectivity index (χ4n) is 4.38. The minimum absolute atomic E-state index is 0.103. The molecule has 0 bridgehead atoms. The van der Waals surface area contributed by atoms with Crippen LogP contribution < -0.4 is 5.32 Å². The monoisotopic (exact) mass is 480 g/mol. The summed E-state index contributed by atoms with van der Waals surface area (Å²) in [4.78, 5) is 14.1. The number of nitrogens with one attached hydrogen (secondary N) is 1. The number of aromatic nitrogens is 6. The van der Waals surface area contributed by atoms with Crippen LogP contribution in [-0.2, 0) is 6.54 Å². The van der Waals surface area contributed by atoms with Crippen LogP contribution in [0, 0.1) is 11.3 Å². The van der Waals surface area contributed by atoms with E-state index in [9.17, 15) is 10.4 Å². The zero-order valence-corrected chi connectivity index (χ0v) is 20.3. The predicted octanol–water partition coefficient (Wildman–Crippen LogP) is 4.17. The Balaban J connectivity index is 1.48. The smallest absolute Gasteiger partial charge is 0.224 e. The van der Waals surface area contributed by atoms with Crippen LogP contribution in [0.2, 0.25) is 0 Å². The van der Waals surface area contributed by atoms with Crippen LogP contribution in [0.3, 0.4) is 0 Å². The van der Waals surface area contributed by atoms with Crippen LogP contribution in [0.25, 0.3) is 22.6 Å². The summed E-state index contributed by atoms with van der Waals surface area (Å²) in [5.41, 5.74) is 5.17. The van der Waals surface area contributed by atoms with Crippen LogP contribution in [0.5, 0.6) is 0 Å². The van der Waals surface area contributed by atoms with Crippen molar-refractivity contribution in [3.63, 3.8) is 0 Å². The zero-order chi connectivity index (χ0) is 25.1. The highest BCUT2D eigenvalue weighted by molar-refractivity contribution is 5.68. The maximum atomic E-state index is 10.3. The number of aliphatic hydroxyl groups is 1. The van der Waals surface area contributed by atoms with Crippen molar-refractivity contribution in [3.8, 4) is 28.7 Å². The molecule has 1 aliphatic rings. The van der Waals surface area contributed by atoms with Crippen molar-refractivity contribution >= 4 is 5.95 Å². The van der Waals surface area contributed by atoms with Gasteiger partial charge >= 0.3 is 0 Å². The third-order valence-electron chi connectivity index (χ3n) is 6.35. The minimum atomic E-state index is -0.433. The Labute approximate surface area is 209 Å². The maximum Gasteiger partial charge on any atom is 0.224 e. The summed E-state index contributed by atoms with van der Waals surface area (Å²) in [5, 5.41) is 31.6. The lowest BCUT2D eigenvalue weighted by Gasteiger charge is -2.17. The van der Waals surface area contributed by atoms with E-state index < -0.39 is 6.10 Å². The lowest BCUT2D eigenvalue weighted by Crippen LogP contribution is -2.29. The molecule has 0 aliphatic heterocycles. The molecule has 1 aromatic carbocycles. The van der Waals surface area contributed by atoms with Gasteiger partial charge in [-0.15, -0.1) is 5.10 Å². The highest BCUT2D eigenvalue weighted by Gasteiger charge is 2.26. The maximum absolute atomic E-state index is 10.3. The predicted molar refractivity (Wildman–Crippen MR) is 136 cm³/mol. The first-order chi connectivity index (χ1) is 17.5. The molecule has 0 spiro atoms. The largest absolute Gasteiger partial charge is 0.391 e. The van der Waals surface area contributed by atoms with Crippen molar-refractivity contribution in [2.75, 3.05) is 5.32 Å². The van der Waals surface area contributed by atoms with Gasteiger partial charge in [-0.3, -0.25) is 4.98 Å². The number of anilines is 1. The zero-order valence-electron chi connectivity index (χ0n) is 20.3. The van der Waals surface area contributed by atoms with E-state index in [1.165, 1.54) is 0 Å². The summed E-state index contributed by atoms with van der Waals surface area (Å²) < 4.78 is 1.74. The fraction of sp³-hybridized carbons (Fsp3) is 0.333. The van der Waals surface area contributed by atoms with Crippen molar-refractivity contribution < 1.29 is 5.11 Å². The molecule has 3 heterocycles. The third kappa shape index (κ3) is 5.24. The summed E-state index contributed by atoms with van der Waals surface area (Å²) in [7, 11) is 0. The number of nitriles is 1. The van der Waals surface area contributed by atoms with E-state index in [1.54, 1.807) is 16.8 Å². The molecule has 3 aromatic heterocycles. The van der Waals surface area contributed by atoms with Crippen LogP contribution >= 0.6 is 0 Å². The second kappa shape index (κ2) is 10.2. The standard InChI is InChI=1S/C27H28N8O/c1-17(2)21-9-4-8-20(29-21)15-35-16-25(33-34-35)24-13-23(19-7-3-6-18(12-19)14-28)31-27(32-24)30-22-10-5-11-26(22)36/h3-4,6-9,12-13,16-17,22,26,36H,5,10-11,15H2,1-2H3,(H,30,31,32)/t22-,26-/m1/s1. The van der Waals surface area contributed by atoms with Crippen molar-refractivity contribution in [2.24, 2.45) is 0 Å². The highest BCUT2D eigenvalue weighted by atomic mass is 16.3. The lowest BCUT2D eigenvalue weighted by atomic mass is 10.1. The lowest BCUT2D eigenvalue weighted by molar-refractivity contribution is 0.171. The first-order valence-electron chi connectivity index (χ1n) is 12.2.